The van der Waals surface area contributed by atoms with Crippen LogP contribution in [0, 0.1) is 0 Å². The fraction of sp³-hybridized carbons (Fsp3) is 0.333. The molecule has 12 heteroatoms. The molecule has 6 rings (SSSR count). The van der Waals surface area contributed by atoms with Crippen LogP contribution < -0.4 is 5.73 Å². The third-order valence-electron chi connectivity index (χ3n) is 7.32. The van der Waals surface area contributed by atoms with Gasteiger partial charge in [0.15, 0.2) is 6.23 Å². The van der Waals surface area contributed by atoms with Crippen LogP contribution in [0.4, 0.5) is 5.82 Å². The molecule has 4 heterocycles. The maximum atomic E-state index is 13.6. The summed E-state index contributed by atoms with van der Waals surface area (Å²) in [5.41, 5.74) is 6.46. The molecule has 2 aliphatic heterocycles. The van der Waals surface area contributed by atoms with Gasteiger partial charge in [0.25, 0.3) is 0 Å². The number of fused-ring (bicyclic) bond motifs is 1. The topological polar surface area (TPSA) is 151 Å². The fourth-order valence-electron chi connectivity index (χ4n) is 5.20. The molecular formula is C27H29N4O7P. The predicted octanol–water partition coefficient (Wildman–Crippen LogP) is 3.72. The quantitative estimate of drug-likeness (QED) is 0.302. The average molecular weight is 553 g/mol. The van der Waals surface area contributed by atoms with Gasteiger partial charge in [0.2, 0.25) is 0 Å². The molecule has 2 aromatic heterocycles. The normalized spacial score (nSPS) is 32.9. The highest BCUT2D eigenvalue weighted by atomic mass is 31.2. The van der Waals surface area contributed by atoms with Crippen molar-refractivity contribution in [1.29, 1.82) is 0 Å². The Balaban J connectivity index is 1.21. The van der Waals surface area contributed by atoms with Crippen molar-refractivity contribution in [3.8, 4) is 0 Å². The molecule has 0 spiro atoms. The summed E-state index contributed by atoms with van der Waals surface area (Å²) < 4.78 is 38.6. The van der Waals surface area contributed by atoms with E-state index in [1.54, 1.807) is 16.8 Å². The zero-order valence-corrected chi connectivity index (χ0v) is 22.0. The molecule has 1 unspecified atom stereocenters. The number of aliphatic hydroxyl groups is 2. The molecule has 7 atom stereocenters. The van der Waals surface area contributed by atoms with Crippen molar-refractivity contribution in [2.45, 2.75) is 43.0 Å². The van der Waals surface area contributed by atoms with Gasteiger partial charge < -0.3 is 25.3 Å². The first-order valence-electron chi connectivity index (χ1n) is 12.6. The lowest BCUT2D eigenvalue weighted by atomic mass is 9.90. The number of hydrogen-bond acceptors (Lipinski definition) is 10. The van der Waals surface area contributed by atoms with Gasteiger partial charge in [-0.2, -0.15) is 0 Å². The summed E-state index contributed by atoms with van der Waals surface area (Å²) in [4.78, 5) is 8.22. The van der Waals surface area contributed by atoms with E-state index in [4.69, 9.17) is 24.0 Å². The van der Waals surface area contributed by atoms with Crippen molar-refractivity contribution in [2.24, 2.45) is 0 Å². The lowest BCUT2D eigenvalue weighted by Crippen LogP contribution is -2.44. The number of nitrogens with zero attached hydrogens (tertiary/aromatic N) is 3. The Hall–Kier alpha value is -3.15. The molecule has 2 saturated heterocycles. The van der Waals surface area contributed by atoms with Crippen molar-refractivity contribution < 1.29 is 33.1 Å². The monoisotopic (exact) mass is 552 g/mol. The Morgan fingerprint density at radius 1 is 1.10 bits per heavy atom. The number of phosphoric acid groups is 1. The molecule has 2 aliphatic rings. The number of nitrogen functional groups attached to an aromatic ring is 1. The zero-order valence-electron chi connectivity index (χ0n) is 21.1. The second-order valence-corrected chi connectivity index (χ2v) is 11.5. The summed E-state index contributed by atoms with van der Waals surface area (Å²) in [5, 5.41) is 22.7. The van der Waals surface area contributed by atoms with Crippen LogP contribution in [0.5, 0.6) is 0 Å². The van der Waals surface area contributed by atoms with E-state index in [2.05, 4.69) is 9.97 Å². The van der Waals surface area contributed by atoms with Crippen LogP contribution in [-0.2, 0) is 22.9 Å². The summed E-state index contributed by atoms with van der Waals surface area (Å²) in [7, 11) is -4.06. The number of aliphatic hydroxyl groups excluding tert-OH is 1. The van der Waals surface area contributed by atoms with Crippen molar-refractivity contribution in [1.82, 2.24) is 14.5 Å². The summed E-state index contributed by atoms with van der Waals surface area (Å²) in [6.45, 7) is 1.20. The molecule has 0 radical (unpaired) electrons. The summed E-state index contributed by atoms with van der Waals surface area (Å²) in [6, 6.07) is 20.9. The van der Waals surface area contributed by atoms with E-state index in [0.717, 1.165) is 11.1 Å². The number of ether oxygens (including phenoxy) is 1. The van der Waals surface area contributed by atoms with Gasteiger partial charge in [-0.15, -0.1) is 0 Å². The van der Waals surface area contributed by atoms with Crippen molar-refractivity contribution in [3.63, 3.8) is 0 Å². The van der Waals surface area contributed by atoms with Gasteiger partial charge in [0.05, 0.1) is 18.6 Å². The van der Waals surface area contributed by atoms with Gasteiger partial charge in [-0.1, -0.05) is 60.7 Å². The number of benzene rings is 2. The smallest absolute Gasteiger partial charge is 0.387 e. The Bertz CT molecular complexity index is 1500. The van der Waals surface area contributed by atoms with E-state index in [-0.39, 0.29) is 24.9 Å². The predicted molar refractivity (Wildman–Crippen MR) is 141 cm³/mol. The number of aromatic nitrogens is 3. The highest BCUT2D eigenvalue weighted by Crippen LogP contribution is 2.60. The second-order valence-electron chi connectivity index (χ2n) is 9.91. The molecular weight excluding hydrogens is 523 g/mol. The number of hydrogen-bond donors (Lipinski definition) is 3. The van der Waals surface area contributed by atoms with Crippen LogP contribution in [0.2, 0.25) is 0 Å². The van der Waals surface area contributed by atoms with Crippen LogP contribution in [0.25, 0.3) is 11.0 Å². The fourth-order valence-corrected chi connectivity index (χ4v) is 6.61. The number of anilines is 1. The Morgan fingerprint density at radius 3 is 2.51 bits per heavy atom. The van der Waals surface area contributed by atoms with Gasteiger partial charge >= 0.3 is 7.82 Å². The molecule has 11 nitrogen and oxygen atoms in total. The third kappa shape index (κ3) is 4.76. The summed E-state index contributed by atoms with van der Waals surface area (Å²) in [5.74, 6) is 0.0671. The first-order chi connectivity index (χ1) is 18.8. The van der Waals surface area contributed by atoms with E-state index >= 15 is 0 Å². The Kier molecular flexibility index (Phi) is 6.76. The van der Waals surface area contributed by atoms with Gasteiger partial charge in [-0.05, 0) is 24.1 Å². The standard InChI is InChI=1S/C27H29N4O7P/c1-27(33)23(32)21(37-26(27)31-13-12-19-24(28)29-16-30-25(19)31)15-36-39(34)35-14-20(17-8-4-2-5-9-17)22(38-39)18-10-6-3-7-11-18/h2-13,16,20-23,26,32-33H,14-15H2,1H3,(H2,28,29,30)/t20-,21?,22+,23+,26+,27+,39-/m0/s1. The van der Waals surface area contributed by atoms with Crippen LogP contribution >= 0.6 is 7.82 Å². The van der Waals surface area contributed by atoms with Crippen molar-refractivity contribution in [2.75, 3.05) is 18.9 Å². The Morgan fingerprint density at radius 2 is 1.79 bits per heavy atom. The molecule has 0 bridgehead atoms. The van der Waals surface area contributed by atoms with Crippen LogP contribution in [-0.4, -0.2) is 55.8 Å². The number of nitrogens with two attached hydrogens (primary N) is 1. The minimum absolute atomic E-state index is 0.103. The zero-order chi connectivity index (χ0) is 27.2. The lowest BCUT2D eigenvalue weighted by Gasteiger charge is -2.36. The summed E-state index contributed by atoms with van der Waals surface area (Å²) in [6.07, 6.45) is -1.07. The minimum Gasteiger partial charge on any atom is -0.387 e. The van der Waals surface area contributed by atoms with Gasteiger partial charge in [-0.25, -0.2) is 14.5 Å². The van der Waals surface area contributed by atoms with E-state index < -0.39 is 38.0 Å². The van der Waals surface area contributed by atoms with Gasteiger partial charge in [0.1, 0.15) is 41.7 Å². The summed E-state index contributed by atoms with van der Waals surface area (Å²) >= 11 is 0. The molecule has 4 N–H and O–H groups in total. The maximum absolute atomic E-state index is 13.6. The van der Waals surface area contributed by atoms with Crippen LogP contribution in [0.3, 0.4) is 0 Å². The second kappa shape index (κ2) is 10.1. The van der Waals surface area contributed by atoms with E-state index in [1.807, 2.05) is 60.7 Å². The number of phosphoric ester groups is 1. The molecule has 0 amide bonds. The maximum Gasteiger partial charge on any atom is 0.475 e. The minimum atomic E-state index is -4.06. The Labute approximate surface area is 224 Å². The first-order valence-corrected chi connectivity index (χ1v) is 14.0. The van der Waals surface area contributed by atoms with Crippen LogP contribution in [0.1, 0.15) is 36.3 Å². The van der Waals surface area contributed by atoms with E-state index in [0.29, 0.717) is 11.0 Å². The average Bonchev–Trinajstić information content (AvgIpc) is 3.47. The van der Waals surface area contributed by atoms with Crippen molar-refractivity contribution >= 4 is 24.7 Å². The molecule has 204 valence electrons. The van der Waals surface area contributed by atoms with Gasteiger partial charge in [-0.3, -0.25) is 13.6 Å². The molecule has 4 aromatic rings. The molecule has 2 aromatic carbocycles. The van der Waals surface area contributed by atoms with Crippen molar-refractivity contribution in [3.05, 3.63) is 90.4 Å². The highest BCUT2D eigenvalue weighted by molar-refractivity contribution is 7.48. The van der Waals surface area contributed by atoms with E-state index in [1.165, 1.54) is 13.3 Å². The first kappa shape index (κ1) is 26.1. The number of rotatable bonds is 6. The van der Waals surface area contributed by atoms with Gasteiger partial charge in [0, 0.05) is 12.1 Å². The molecule has 2 fully saturated rings. The molecule has 39 heavy (non-hydrogen) atoms. The largest absolute Gasteiger partial charge is 0.475 e. The lowest BCUT2D eigenvalue weighted by molar-refractivity contribution is -0.0951. The molecule has 0 saturated carbocycles. The SMILES string of the molecule is C[C@@]1(O)[C@H](O)C(CO[P@]2(=O)OC[C@@H](c3ccccc3)[C@@H](c3ccccc3)O2)O[C@H]1n1ccc2c(N)ncnc21. The third-order valence-corrected chi connectivity index (χ3v) is 8.74. The molecule has 0 aliphatic carbocycles. The van der Waals surface area contributed by atoms with E-state index in [9.17, 15) is 14.8 Å². The van der Waals surface area contributed by atoms with Crippen LogP contribution in [0.15, 0.2) is 79.3 Å². The highest BCUT2D eigenvalue weighted by Gasteiger charge is 2.54.